The monoisotopic (exact) mass is 375 g/mol. The van der Waals surface area contributed by atoms with Gasteiger partial charge in [0.25, 0.3) is 5.91 Å². The van der Waals surface area contributed by atoms with Gasteiger partial charge in [0.2, 0.25) is 5.89 Å². The Morgan fingerprint density at radius 2 is 1.78 bits per heavy atom. The number of nitrogens with one attached hydrogen (secondary N) is 1. The number of halogens is 3. The maximum atomic E-state index is 12.8. The summed E-state index contributed by atoms with van der Waals surface area (Å²) in [5.74, 6) is 0.331. The third-order valence-electron chi connectivity index (χ3n) is 3.96. The quantitative estimate of drug-likeness (QED) is 0.726. The van der Waals surface area contributed by atoms with Crippen LogP contribution in [0.5, 0.6) is 0 Å². The van der Waals surface area contributed by atoms with E-state index in [2.05, 4.69) is 15.5 Å². The molecule has 0 radical (unpaired) electrons. The number of rotatable bonds is 4. The van der Waals surface area contributed by atoms with E-state index in [4.69, 9.17) is 4.52 Å². The number of nitrogens with zero attached hydrogens (tertiary/aromatic N) is 2. The largest absolute Gasteiger partial charge is 0.416 e. The van der Waals surface area contributed by atoms with Crippen molar-refractivity contribution in [2.75, 3.05) is 0 Å². The van der Waals surface area contributed by atoms with Gasteiger partial charge < -0.3 is 9.84 Å². The number of hydrogen-bond donors (Lipinski definition) is 1. The van der Waals surface area contributed by atoms with Crippen LogP contribution in [-0.2, 0) is 6.18 Å². The molecule has 1 amide bonds. The van der Waals surface area contributed by atoms with Gasteiger partial charge >= 0.3 is 6.18 Å². The van der Waals surface area contributed by atoms with Crippen molar-refractivity contribution >= 4 is 5.91 Å². The van der Waals surface area contributed by atoms with Crippen LogP contribution in [0.3, 0.4) is 0 Å². The van der Waals surface area contributed by atoms with E-state index in [1.807, 2.05) is 0 Å². The first-order valence-corrected chi connectivity index (χ1v) is 8.13. The molecule has 0 saturated carbocycles. The summed E-state index contributed by atoms with van der Waals surface area (Å²) in [4.78, 5) is 16.7. The predicted octanol–water partition coefficient (Wildman–Crippen LogP) is 4.55. The summed E-state index contributed by atoms with van der Waals surface area (Å²) in [5.41, 5.74) is 0.626. The maximum Gasteiger partial charge on any atom is 0.416 e. The van der Waals surface area contributed by atoms with E-state index in [1.165, 1.54) is 12.1 Å². The third kappa shape index (κ3) is 4.16. The average Bonchev–Trinajstić information content (AvgIpc) is 3.07. The maximum absolute atomic E-state index is 12.8. The second-order valence-corrected chi connectivity index (χ2v) is 6.00. The minimum Gasteiger partial charge on any atom is -0.340 e. The van der Waals surface area contributed by atoms with E-state index >= 15 is 0 Å². The predicted molar refractivity (Wildman–Crippen MR) is 91.8 cm³/mol. The number of alkyl halides is 3. The van der Waals surface area contributed by atoms with Crippen molar-refractivity contribution < 1.29 is 22.5 Å². The summed E-state index contributed by atoms with van der Waals surface area (Å²) >= 11 is 0. The standard InChI is InChI=1S/C19H16F3N3O2/c1-11(18-24-12(2)25-27-18)23-17(26)16-6-4-3-5-15(16)13-7-9-14(10-8-13)19(20,21)22/h3-11H,1-2H3,(H,23,26)/t11-/m0/s1. The van der Waals surface area contributed by atoms with Gasteiger partial charge in [-0.15, -0.1) is 0 Å². The Hall–Kier alpha value is -3.16. The van der Waals surface area contributed by atoms with Gasteiger partial charge in [0.15, 0.2) is 5.82 Å². The zero-order valence-electron chi connectivity index (χ0n) is 14.5. The molecule has 0 aliphatic heterocycles. The molecule has 1 N–H and O–H groups in total. The first-order valence-electron chi connectivity index (χ1n) is 8.13. The van der Waals surface area contributed by atoms with Crippen LogP contribution < -0.4 is 5.32 Å². The molecule has 140 valence electrons. The fraction of sp³-hybridized carbons (Fsp3) is 0.211. The smallest absolute Gasteiger partial charge is 0.340 e. The van der Waals surface area contributed by atoms with E-state index in [9.17, 15) is 18.0 Å². The molecule has 0 aliphatic rings. The SMILES string of the molecule is Cc1noc([C@H](C)NC(=O)c2ccccc2-c2ccc(C(F)(F)F)cc2)n1. The van der Waals surface area contributed by atoms with Gasteiger partial charge in [0, 0.05) is 5.56 Å². The number of amides is 1. The Balaban J connectivity index is 1.86. The molecule has 2 aromatic carbocycles. The number of hydrogen-bond acceptors (Lipinski definition) is 4. The lowest BCUT2D eigenvalue weighted by molar-refractivity contribution is -0.137. The highest BCUT2D eigenvalue weighted by atomic mass is 19.4. The fourth-order valence-electron chi connectivity index (χ4n) is 2.60. The molecule has 8 heteroatoms. The van der Waals surface area contributed by atoms with Gasteiger partial charge in [-0.1, -0.05) is 35.5 Å². The minimum absolute atomic E-state index is 0.271. The Morgan fingerprint density at radius 1 is 1.11 bits per heavy atom. The van der Waals surface area contributed by atoms with Gasteiger partial charge in [-0.25, -0.2) is 0 Å². The van der Waals surface area contributed by atoms with Crippen LogP contribution in [0.2, 0.25) is 0 Å². The lowest BCUT2D eigenvalue weighted by atomic mass is 9.98. The zero-order valence-corrected chi connectivity index (χ0v) is 14.5. The molecule has 1 aromatic heterocycles. The lowest BCUT2D eigenvalue weighted by Gasteiger charge is -2.14. The van der Waals surface area contributed by atoms with Crippen molar-refractivity contribution in [2.24, 2.45) is 0 Å². The lowest BCUT2D eigenvalue weighted by Crippen LogP contribution is -2.27. The summed E-state index contributed by atoms with van der Waals surface area (Å²) in [6.07, 6.45) is -4.41. The molecule has 0 unspecified atom stereocenters. The molecule has 0 spiro atoms. The Kier molecular flexibility index (Phi) is 4.98. The van der Waals surface area contributed by atoms with Crippen molar-refractivity contribution in [3.05, 3.63) is 71.4 Å². The van der Waals surface area contributed by atoms with Gasteiger partial charge in [-0.3, -0.25) is 4.79 Å². The van der Waals surface area contributed by atoms with Gasteiger partial charge in [0.05, 0.1) is 5.56 Å². The van der Waals surface area contributed by atoms with E-state index in [0.717, 1.165) is 12.1 Å². The highest BCUT2D eigenvalue weighted by Crippen LogP contribution is 2.32. The van der Waals surface area contributed by atoms with Gasteiger partial charge in [0.1, 0.15) is 6.04 Å². The molecule has 1 atom stereocenters. The van der Waals surface area contributed by atoms with Crippen molar-refractivity contribution in [2.45, 2.75) is 26.1 Å². The number of aryl methyl sites for hydroxylation is 1. The molecule has 3 aromatic rings. The van der Waals surface area contributed by atoms with Crippen LogP contribution in [0.1, 0.15) is 40.6 Å². The molecule has 3 rings (SSSR count). The number of carbonyl (C=O) groups excluding carboxylic acids is 1. The summed E-state index contributed by atoms with van der Waals surface area (Å²) in [6.45, 7) is 3.37. The summed E-state index contributed by atoms with van der Waals surface area (Å²) in [5, 5.41) is 6.44. The number of carbonyl (C=O) groups is 1. The van der Waals surface area contributed by atoms with Crippen molar-refractivity contribution in [1.82, 2.24) is 15.5 Å². The van der Waals surface area contributed by atoms with E-state index in [1.54, 1.807) is 38.1 Å². The van der Waals surface area contributed by atoms with Crippen LogP contribution in [0.25, 0.3) is 11.1 Å². The molecule has 1 heterocycles. The minimum atomic E-state index is -4.41. The molecule has 5 nitrogen and oxygen atoms in total. The molecule has 0 saturated heterocycles. The highest BCUT2D eigenvalue weighted by Gasteiger charge is 2.30. The second kappa shape index (κ2) is 7.22. The average molecular weight is 375 g/mol. The third-order valence-corrected chi connectivity index (χ3v) is 3.96. The normalized spacial score (nSPS) is 12.6. The Bertz CT molecular complexity index is 949. The van der Waals surface area contributed by atoms with E-state index in [-0.39, 0.29) is 5.89 Å². The van der Waals surface area contributed by atoms with Crippen LogP contribution in [0.15, 0.2) is 53.1 Å². The summed E-state index contributed by atoms with van der Waals surface area (Å²) in [7, 11) is 0. The molecule has 27 heavy (non-hydrogen) atoms. The molecule has 0 fully saturated rings. The zero-order chi connectivity index (χ0) is 19.6. The van der Waals surface area contributed by atoms with E-state index in [0.29, 0.717) is 22.5 Å². The molecular weight excluding hydrogens is 359 g/mol. The topological polar surface area (TPSA) is 68.0 Å². The molecule has 0 bridgehead atoms. The fourth-order valence-corrected chi connectivity index (χ4v) is 2.60. The first-order chi connectivity index (χ1) is 12.8. The van der Waals surface area contributed by atoms with Crippen molar-refractivity contribution in [3.63, 3.8) is 0 Å². The van der Waals surface area contributed by atoms with Crippen LogP contribution >= 0.6 is 0 Å². The highest BCUT2D eigenvalue weighted by molar-refractivity contribution is 6.01. The van der Waals surface area contributed by atoms with E-state index < -0.39 is 23.7 Å². The molecule has 0 aliphatic carbocycles. The van der Waals surface area contributed by atoms with Crippen LogP contribution in [0, 0.1) is 6.92 Å². The Morgan fingerprint density at radius 3 is 2.37 bits per heavy atom. The van der Waals surface area contributed by atoms with Crippen molar-refractivity contribution in [1.29, 1.82) is 0 Å². The number of aromatic nitrogens is 2. The first kappa shape index (κ1) is 18.6. The Labute approximate surface area is 153 Å². The second-order valence-electron chi connectivity index (χ2n) is 6.00. The van der Waals surface area contributed by atoms with Gasteiger partial charge in [-0.2, -0.15) is 18.2 Å². The van der Waals surface area contributed by atoms with Crippen LogP contribution in [0.4, 0.5) is 13.2 Å². The number of benzene rings is 2. The molecular formula is C19H16F3N3O2. The van der Waals surface area contributed by atoms with Crippen LogP contribution in [-0.4, -0.2) is 16.0 Å². The summed E-state index contributed by atoms with van der Waals surface area (Å²) < 4.78 is 43.3. The van der Waals surface area contributed by atoms with Gasteiger partial charge in [-0.05, 0) is 43.2 Å². The summed E-state index contributed by atoms with van der Waals surface area (Å²) in [6, 6.07) is 10.9. The van der Waals surface area contributed by atoms with Crippen molar-refractivity contribution in [3.8, 4) is 11.1 Å².